The van der Waals surface area contributed by atoms with E-state index in [0.717, 1.165) is 18.9 Å². The molecular formula is C12H23N3. The maximum atomic E-state index is 4.44. The van der Waals surface area contributed by atoms with E-state index in [1.54, 1.807) is 0 Å². The van der Waals surface area contributed by atoms with Gasteiger partial charge in [-0.2, -0.15) is 5.10 Å². The van der Waals surface area contributed by atoms with E-state index in [9.17, 15) is 0 Å². The van der Waals surface area contributed by atoms with E-state index in [2.05, 4.69) is 35.1 Å². The highest BCUT2D eigenvalue weighted by molar-refractivity contribution is 5.58. The van der Waals surface area contributed by atoms with Crippen LogP contribution in [0.3, 0.4) is 0 Å². The molecule has 0 aliphatic carbocycles. The molecule has 0 unspecified atom stereocenters. The summed E-state index contributed by atoms with van der Waals surface area (Å²) in [4.78, 5) is 2.60. The molecule has 0 spiro atoms. The molecule has 0 atom stereocenters. The second-order valence-electron chi connectivity index (χ2n) is 5.18. The monoisotopic (exact) mass is 209 g/mol. The Bertz CT molecular complexity index is 217. The fraction of sp³-hybridized carbons (Fsp3) is 0.917. The largest absolute Gasteiger partial charge is 0.303 e. The first-order valence-electron chi connectivity index (χ1n) is 6.27. The minimum absolute atomic E-state index is 0.715. The van der Waals surface area contributed by atoms with Crippen molar-refractivity contribution >= 4 is 6.21 Å². The summed E-state index contributed by atoms with van der Waals surface area (Å²) in [6, 6.07) is 0.715. The summed E-state index contributed by atoms with van der Waals surface area (Å²) in [6.07, 6.45) is 5.79. The van der Waals surface area contributed by atoms with Gasteiger partial charge in [0, 0.05) is 44.9 Å². The molecule has 2 heterocycles. The van der Waals surface area contributed by atoms with Gasteiger partial charge in [0.2, 0.25) is 0 Å². The summed E-state index contributed by atoms with van der Waals surface area (Å²) in [6.45, 7) is 9.53. The lowest BCUT2D eigenvalue weighted by atomic mass is 10.0. The highest BCUT2D eigenvalue weighted by Gasteiger charge is 2.24. The number of hydrogen-bond acceptors (Lipinski definition) is 3. The first-order chi connectivity index (χ1) is 7.25. The molecule has 0 bridgehead atoms. The zero-order valence-corrected chi connectivity index (χ0v) is 10.0. The maximum absolute atomic E-state index is 4.44. The standard InChI is InChI=1S/C12H23N3/c1-11(2)10-14-8-4-12(5-9-14)15-7-3-6-13-15/h6,11-12H,3-5,7-10H2,1-2H3. The van der Waals surface area contributed by atoms with Crippen molar-refractivity contribution in [2.75, 3.05) is 26.2 Å². The predicted molar refractivity (Wildman–Crippen MR) is 64.1 cm³/mol. The van der Waals surface area contributed by atoms with Crippen molar-refractivity contribution in [1.29, 1.82) is 0 Å². The molecule has 3 nitrogen and oxygen atoms in total. The van der Waals surface area contributed by atoms with Crippen LogP contribution >= 0.6 is 0 Å². The molecule has 0 amide bonds. The molecule has 86 valence electrons. The Labute approximate surface area is 93.1 Å². The summed E-state index contributed by atoms with van der Waals surface area (Å²) in [5.74, 6) is 0.798. The van der Waals surface area contributed by atoms with Gasteiger partial charge in [0.25, 0.3) is 0 Å². The normalized spacial score (nSPS) is 24.3. The third kappa shape index (κ3) is 2.94. The molecule has 2 aliphatic rings. The molecule has 1 saturated heterocycles. The van der Waals surface area contributed by atoms with E-state index in [1.807, 2.05) is 0 Å². The van der Waals surface area contributed by atoms with Crippen molar-refractivity contribution in [2.45, 2.75) is 39.2 Å². The minimum atomic E-state index is 0.715. The SMILES string of the molecule is CC(C)CN1CCC(N2CCC=N2)CC1. The average Bonchev–Trinajstić information content (AvgIpc) is 2.71. The van der Waals surface area contributed by atoms with Gasteiger partial charge in [0.15, 0.2) is 0 Å². The first kappa shape index (κ1) is 10.9. The highest BCUT2D eigenvalue weighted by atomic mass is 15.5. The second-order valence-corrected chi connectivity index (χ2v) is 5.18. The lowest BCUT2D eigenvalue weighted by Gasteiger charge is -2.36. The molecule has 0 N–H and O–H groups in total. The maximum Gasteiger partial charge on any atom is 0.0495 e. The van der Waals surface area contributed by atoms with E-state index in [4.69, 9.17) is 0 Å². The Balaban J connectivity index is 1.74. The fourth-order valence-corrected chi connectivity index (χ4v) is 2.60. The van der Waals surface area contributed by atoms with Crippen LogP contribution in [0.2, 0.25) is 0 Å². The number of piperidine rings is 1. The van der Waals surface area contributed by atoms with Gasteiger partial charge >= 0.3 is 0 Å². The first-order valence-corrected chi connectivity index (χ1v) is 6.27. The van der Waals surface area contributed by atoms with Crippen molar-refractivity contribution in [3.63, 3.8) is 0 Å². The van der Waals surface area contributed by atoms with Crippen molar-refractivity contribution in [3.8, 4) is 0 Å². The minimum Gasteiger partial charge on any atom is -0.303 e. The van der Waals surface area contributed by atoms with E-state index >= 15 is 0 Å². The molecule has 15 heavy (non-hydrogen) atoms. The zero-order valence-electron chi connectivity index (χ0n) is 10.0. The molecule has 3 heteroatoms. The Kier molecular flexibility index (Phi) is 3.62. The van der Waals surface area contributed by atoms with Crippen LogP contribution in [0.4, 0.5) is 0 Å². The van der Waals surface area contributed by atoms with Crippen molar-refractivity contribution in [2.24, 2.45) is 11.0 Å². The van der Waals surface area contributed by atoms with Crippen LogP contribution in [0.15, 0.2) is 5.10 Å². The third-order valence-electron chi connectivity index (χ3n) is 3.32. The molecule has 0 radical (unpaired) electrons. The van der Waals surface area contributed by atoms with Gasteiger partial charge in [0.1, 0.15) is 0 Å². The quantitative estimate of drug-likeness (QED) is 0.706. The van der Waals surface area contributed by atoms with Crippen LogP contribution in [0, 0.1) is 5.92 Å². The summed E-state index contributed by atoms with van der Waals surface area (Å²) in [5.41, 5.74) is 0. The number of hydrogen-bond donors (Lipinski definition) is 0. The van der Waals surface area contributed by atoms with Gasteiger partial charge in [-0.1, -0.05) is 13.8 Å². The Hall–Kier alpha value is -0.570. The second kappa shape index (κ2) is 4.97. The molecular weight excluding hydrogens is 186 g/mol. The van der Waals surface area contributed by atoms with E-state index in [-0.39, 0.29) is 0 Å². The van der Waals surface area contributed by atoms with Crippen LogP contribution in [0.25, 0.3) is 0 Å². The van der Waals surface area contributed by atoms with Gasteiger partial charge in [-0.15, -0.1) is 0 Å². The zero-order chi connectivity index (χ0) is 10.7. The number of hydrazone groups is 1. The van der Waals surface area contributed by atoms with Gasteiger partial charge in [-0.25, -0.2) is 0 Å². The Morgan fingerprint density at radius 1 is 1.27 bits per heavy atom. The average molecular weight is 209 g/mol. The van der Waals surface area contributed by atoms with E-state index in [1.165, 1.54) is 32.5 Å². The lowest BCUT2D eigenvalue weighted by molar-refractivity contribution is 0.112. The smallest absolute Gasteiger partial charge is 0.0495 e. The molecule has 1 fully saturated rings. The van der Waals surface area contributed by atoms with Crippen molar-refractivity contribution in [3.05, 3.63) is 0 Å². The molecule has 2 aliphatic heterocycles. The topological polar surface area (TPSA) is 18.8 Å². The van der Waals surface area contributed by atoms with Crippen molar-refractivity contribution in [1.82, 2.24) is 9.91 Å². The number of rotatable bonds is 3. The summed E-state index contributed by atoms with van der Waals surface area (Å²) < 4.78 is 0. The van der Waals surface area contributed by atoms with Crippen LogP contribution in [-0.4, -0.2) is 48.3 Å². The van der Waals surface area contributed by atoms with E-state index < -0.39 is 0 Å². The van der Waals surface area contributed by atoms with Gasteiger partial charge in [0.05, 0.1) is 0 Å². The van der Waals surface area contributed by atoms with Gasteiger partial charge < -0.3 is 4.90 Å². The molecule has 2 rings (SSSR count). The van der Waals surface area contributed by atoms with E-state index in [0.29, 0.717) is 6.04 Å². The summed E-state index contributed by atoms with van der Waals surface area (Å²) >= 11 is 0. The van der Waals surface area contributed by atoms with Gasteiger partial charge in [-0.3, -0.25) is 5.01 Å². The van der Waals surface area contributed by atoms with Gasteiger partial charge in [-0.05, 0) is 18.8 Å². The number of nitrogens with zero attached hydrogens (tertiary/aromatic N) is 3. The molecule has 0 aromatic heterocycles. The summed E-state index contributed by atoms with van der Waals surface area (Å²) in [7, 11) is 0. The Morgan fingerprint density at radius 2 is 2.00 bits per heavy atom. The van der Waals surface area contributed by atoms with Crippen LogP contribution in [-0.2, 0) is 0 Å². The Morgan fingerprint density at radius 3 is 2.53 bits per heavy atom. The lowest BCUT2D eigenvalue weighted by Crippen LogP contribution is -2.43. The highest BCUT2D eigenvalue weighted by Crippen LogP contribution is 2.19. The van der Waals surface area contributed by atoms with Crippen LogP contribution < -0.4 is 0 Å². The fourth-order valence-electron chi connectivity index (χ4n) is 2.60. The molecule has 0 aromatic carbocycles. The van der Waals surface area contributed by atoms with Crippen LogP contribution in [0.5, 0.6) is 0 Å². The summed E-state index contributed by atoms with van der Waals surface area (Å²) in [5, 5.41) is 6.73. The molecule has 0 aromatic rings. The predicted octanol–water partition coefficient (Wildman–Crippen LogP) is 1.80. The number of likely N-dealkylation sites (tertiary alicyclic amines) is 1. The third-order valence-corrected chi connectivity index (χ3v) is 3.32. The van der Waals surface area contributed by atoms with Crippen LogP contribution in [0.1, 0.15) is 33.1 Å². The van der Waals surface area contributed by atoms with Crippen molar-refractivity contribution < 1.29 is 0 Å². The molecule has 0 saturated carbocycles.